The van der Waals surface area contributed by atoms with E-state index in [4.69, 9.17) is 4.74 Å². The zero-order chi connectivity index (χ0) is 31.3. The Labute approximate surface area is 247 Å². The molecule has 0 saturated carbocycles. The Kier molecular flexibility index (Phi) is 14.9. The van der Waals surface area contributed by atoms with Crippen molar-refractivity contribution in [1.82, 2.24) is 30.4 Å². The molecule has 0 aliphatic carbocycles. The van der Waals surface area contributed by atoms with Crippen molar-refractivity contribution in [1.29, 1.82) is 0 Å². The quantitative estimate of drug-likeness (QED) is 0.264. The summed E-state index contributed by atoms with van der Waals surface area (Å²) in [7, 11) is 0. The third kappa shape index (κ3) is 11.4. The van der Waals surface area contributed by atoms with Crippen LogP contribution in [0.1, 0.15) is 102 Å². The van der Waals surface area contributed by atoms with Crippen molar-refractivity contribution in [2.75, 3.05) is 52.4 Å². The number of esters is 1. The molecule has 10 heteroatoms. The molecule has 0 atom stereocenters. The summed E-state index contributed by atoms with van der Waals surface area (Å²) in [5.41, 5.74) is 4.31. The van der Waals surface area contributed by atoms with E-state index in [1.807, 2.05) is 40.8 Å². The molecule has 41 heavy (non-hydrogen) atoms. The number of hydrogen-bond donors (Lipinski definition) is 4. The molecule has 2 rings (SSSR count). The number of nitrogens with one attached hydrogen (secondary N) is 4. The number of ether oxygens (including phenoxy) is 1. The zero-order valence-corrected chi connectivity index (χ0v) is 27.3. The van der Waals surface area contributed by atoms with Crippen LogP contribution >= 0.6 is 0 Å². The first-order valence-corrected chi connectivity index (χ1v) is 14.8. The molecule has 0 fully saturated rings. The maximum atomic E-state index is 12.5. The number of amides is 2. The van der Waals surface area contributed by atoms with Crippen LogP contribution in [0, 0.1) is 27.7 Å². The van der Waals surface area contributed by atoms with E-state index < -0.39 is 11.6 Å². The van der Waals surface area contributed by atoms with Gasteiger partial charge in [-0.15, -0.1) is 0 Å². The highest BCUT2D eigenvalue weighted by Crippen LogP contribution is 2.21. The second-order valence-corrected chi connectivity index (χ2v) is 11.2. The molecule has 0 spiro atoms. The normalized spacial score (nSPS) is 11.3. The van der Waals surface area contributed by atoms with Crippen molar-refractivity contribution >= 4 is 17.8 Å². The van der Waals surface area contributed by atoms with Crippen LogP contribution in [-0.2, 0) is 4.74 Å². The second kappa shape index (κ2) is 17.0. The molecule has 232 valence electrons. The van der Waals surface area contributed by atoms with Crippen molar-refractivity contribution in [3.05, 3.63) is 45.5 Å². The van der Waals surface area contributed by atoms with Crippen LogP contribution in [0.25, 0.3) is 0 Å². The second-order valence-electron chi connectivity index (χ2n) is 11.2. The molecule has 2 amide bonds. The van der Waals surface area contributed by atoms with Gasteiger partial charge in [0, 0.05) is 43.8 Å². The highest BCUT2D eigenvalue weighted by atomic mass is 16.6. The summed E-state index contributed by atoms with van der Waals surface area (Å²) in [6.07, 6.45) is 1.87. The average Bonchev–Trinajstić information content (AvgIpc) is 3.40. The van der Waals surface area contributed by atoms with Gasteiger partial charge in [-0.05, 0) is 85.8 Å². The Morgan fingerprint density at radius 3 is 1.63 bits per heavy atom. The summed E-state index contributed by atoms with van der Waals surface area (Å²) in [4.78, 5) is 47.3. The van der Waals surface area contributed by atoms with Gasteiger partial charge in [-0.25, -0.2) is 4.79 Å². The predicted octanol–water partition coefficient (Wildman–Crippen LogP) is 4.36. The lowest BCUT2D eigenvalue weighted by Crippen LogP contribution is -2.35. The van der Waals surface area contributed by atoms with Crippen molar-refractivity contribution in [3.63, 3.8) is 0 Å². The van der Waals surface area contributed by atoms with Crippen LogP contribution in [0.2, 0.25) is 0 Å². The Bertz CT molecular complexity index is 1100. The van der Waals surface area contributed by atoms with Crippen molar-refractivity contribution in [3.8, 4) is 0 Å². The van der Waals surface area contributed by atoms with Crippen molar-refractivity contribution in [2.24, 2.45) is 0 Å². The topological polar surface area (TPSA) is 123 Å². The van der Waals surface area contributed by atoms with Gasteiger partial charge in [0.25, 0.3) is 11.8 Å². The number of aromatic nitrogens is 2. The average molecular weight is 575 g/mol. The molecular formula is C31H54N6O4. The molecule has 0 aromatic carbocycles. The maximum Gasteiger partial charge on any atom is 0.355 e. The lowest BCUT2D eigenvalue weighted by atomic mass is 10.1. The molecule has 2 heterocycles. The van der Waals surface area contributed by atoms with E-state index in [-0.39, 0.29) is 11.8 Å². The minimum absolute atomic E-state index is 0.0217. The highest BCUT2D eigenvalue weighted by Gasteiger charge is 2.25. The van der Waals surface area contributed by atoms with Gasteiger partial charge in [0.05, 0.1) is 11.1 Å². The number of carbonyl (C=O) groups is 3. The largest absolute Gasteiger partial charge is 0.455 e. The first-order valence-electron chi connectivity index (χ1n) is 14.8. The van der Waals surface area contributed by atoms with Gasteiger partial charge in [-0.1, -0.05) is 27.7 Å². The maximum absolute atomic E-state index is 12.5. The van der Waals surface area contributed by atoms with E-state index in [1.54, 1.807) is 13.8 Å². The predicted molar refractivity (Wildman–Crippen MR) is 166 cm³/mol. The first kappa shape index (κ1) is 35.9. The molecule has 2 aromatic heterocycles. The monoisotopic (exact) mass is 574 g/mol. The van der Waals surface area contributed by atoms with Crippen LogP contribution < -0.4 is 10.6 Å². The van der Waals surface area contributed by atoms with Crippen molar-refractivity contribution in [2.45, 2.75) is 81.8 Å². The van der Waals surface area contributed by atoms with Crippen LogP contribution in [-0.4, -0.2) is 95.5 Å². The number of aryl methyl sites for hydroxylation is 3. The van der Waals surface area contributed by atoms with E-state index in [2.05, 4.69) is 58.1 Å². The SMILES string of the molecule is CCN(CC)CCNC(=O)c1c(C)[nH]c(C(=O)OC(C)(C)C)c1C.CCN(CC)CCNC(=O)c1c(C)c[nH]c1C. The highest BCUT2D eigenvalue weighted by molar-refractivity contribution is 6.01. The first-order chi connectivity index (χ1) is 19.2. The number of likely N-dealkylation sites (N-methyl/N-ethyl adjacent to an activating group) is 2. The van der Waals surface area contributed by atoms with Gasteiger partial charge >= 0.3 is 5.97 Å². The van der Waals surface area contributed by atoms with Gasteiger partial charge in [0.15, 0.2) is 0 Å². The van der Waals surface area contributed by atoms with Crippen LogP contribution in [0.5, 0.6) is 0 Å². The van der Waals surface area contributed by atoms with E-state index in [0.29, 0.717) is 35.6 Å². The molecule has 0 radical (unpaired) electrons. The fourth-order valence-corrected chi connectivity index (χ4v) is 4.54. The number of H-pyrrole nitrogens is 2. The minimum Gasteiger partial charge on any atom is -0.455 e. The van der Waals surface area contributed by atoms with Gasteiger partial charge < -0.3 is 35.1 Å². The lowest BCUT2D eigenvalue weighted by Gasteiger charge is -2.19. The smallest absolute Gasteiger partial charge is 0.355 e. The molecule has 0 aliphatic heterocycles. The summed E-state index contributed by atoms with van der Waals surface area (Å²) in [5, 5.41) is 5.89. The third-order valence-corrected chi connectivity index (χ3v) is 6.99. The molecule has 0 unspecified atom stereocenters. The molecule has 10 nitrogen and oxygen atoms in total. The summed E-state index contributed by atoms with van der Waals surface area (Å²) in [5.74, 6) is -0.582. The van der Waals surface area contributed by atoms with Gasteiger partial charge in [-0.3, -0.25) is 9.59 Å². The molecule has 2 aromatic rings. The number of nitrogens with zero attached hydrogens (tertiary/aromatic N) is 2. The Morgan fingerprint density at radius 1 is 0.780 bits per heavy atom. The zero-order valence-electron chi connectivity index (χ0n) is 27.3. The Hall–Kier alpha value is -3.11. The summed E-state index contributed by atoms with van der Waals surface area (Å²) in [6.45, 7) is 28.3. The molecule has 0 saturated heterocycles. The van der Waals surface area contributed by atoms with Crippen LogP contribution in [0.4, 0.5) is 0 Å². The third-order valence-electron chi connectivity index (χ3n) is 6.99. The van der Waals surface area contributed by atoms with Gasteiger partial charge in [0.2, 0.25) is 0 Å². The Balaban J connectivity index is 0.000000435. The number of hydrogen-bond acceptors (Lipinski definition) is 6. The molecular weight excluding hydrogens is 520 g/mol. The number of carbonyl (C=O) groups excluding carboxylic acids is 3. The van der Waals surface area contributed by atoms with E-state index in [0.717, 1.165) is 56.1 Å². The fourth-order valence-electron chi connectivity index (χ4n) is 4.54. The lowest BCUT2D eigenvalue weighted by molar-refractivity contribution is 0.00624. The fraction of sp³-hybridized carbons (Fsp3) is 0.645. The van der Waals surface area contributed by atoms with Crippen LogP contribution in [0.15, 0.2) is 6.20 Å². The standard InChI is InChI=1S/C18H31N3O3.C13H23N3O/c1-8-21(9-2)11-10-19-16(22)14-12(3)15(20-13(14)4)17(23)24-18(5,6)7;1-5-16(6-2)8-7-14-13(17)12-10(3)9-15-11(12)4/h20H,8-11H2,1-7H3,(H,19,22);9,15H,5-8H2,1-4H3,(H,14,17). The number of aromatic amines is 2. The molecule has 0 aliphatic rings. The number of rotatable bonds is 13. The van der Waals surface area contributed by atoms with Gasteiger partial charge in [0.1, 0.15) is 11.3 Å². The molecule has 4 N–H and O–H groups in total. The van der Waals surface area contributed by atoms with Crippen LogP contribution in [0.3, 0.4) is 0 Å². The summed E-state index contributed by atoms with van der Waals surface area (Å²) >= 11 is 0. The summed E-state index contributed by atoms with van der Waals surface area (Å²) < 4.78 is 5.39. The summed E-state index contributed by atoms with van der Waals surface area (Å²) in [6, 6.07) is 0. The van der Waals surface area contributed by atoms with E-state index in [9.17, 15) is 14.4 Å². The van der Waals surface area contributed by atoms with Crippen molar-refractivity contribution < 1.29 is 19.1 Å². The minimum atomic E-state index is -0.575. The van der Waals surface area contributed by atoms with E-state index >= 15 is 0 Å². The van der Waals surface area contributed by atoms with Gasteiger partial charge in [-0.2, -0.15) is 0 Å². The molecule has 0 bridgehead atoms. The van der Waals surface area contributed by atoms with E-state index in [1.165, 1.54) is 0 Å². The Morgan fingerprint density at radius 2 is 1.24 bits per heavy atom.